The van der Waals surface area contributed by atoms with Crippen molar-refractivity contribution in [2.75, 3.05) is 59.9 Å². The predicted octanol–water partition coefficient (Wildman–Crippen LogP) is 0.121. The Labute approximate surface area is 127 Å². The number of aliphatic carboxylic acids is 2. The highest BCUT2D eigenvalue weighted by atomic mass is 16.4. The summed E-state index contributed by atoms with van der Waals surface area (Å²) in [5, 5.41) is 17.6. The van der Waals surface area contributed by atoms with Crippen LogP contribution in [0, 0.1) is 0 Å². The standard InChI is InChI=1S/C14H29N3O4/c1-4-5-6-16(8-7-15(2)3)9-10-17(11-13(18)19)12-14(20)21/h4-12H2,1-3H3,(H,18,19)(H,20,21). The van der Waals surface area contributed by atoms with Crippen LogP contribution < -0.4 is 0 Å². The average Bonchev–Trinajstić information content (AvgIpc) is 2.35. The maximum atomic E-state index is 10.8. The van der Waals surface area contributed by atoms with E-state index in [4.69, 9.17) is 10.2 Å². The molecule has 0 unspecified atom stereocenters. The van der Waals surface area contributed by atoms with Crippen LogP contribution in [0.5, 0.6) is 0 Å². The third-order valence-corrected chi connectivity index (χ3v) is 3.14. The first-order valence-electron chi connectivity index (χ1n) is 7.38. The molecule has 0 aliphatic rings. The van der Waals surface area contributed by atoms with Gasteiger partial charge in [0.25, 0.3) is 0 Å². The fraction of sp³-hybridized carbons (Fsp3) is 0.857. The maximum Gasteiger partial charge on any atom is 0.317 e. The Morgan fingerprint density at radius 1 is 0.810 bits per heavy atom. The van der Waals surface area contributed by atoms with Crippen molar-refractivity contribution < 1.29 is 19.8 Å². The Balaban J connectivity index is 4.35. The van der Waals surface area contributed by atoms with Crippen LogP contribution in [0.2, 0.25) is 0 Å². The van der Waals surface area contributed by atoms with Gasteiger partial charge < -0.3 is 20.0 Å². The van der Waals surface area contributed by atoms with E-state index in [0.717, 1.165) is 32.5 Å². The molecule has 0 aliphatic carbocycles. The minimum Gasteiger partial charge on any atom is -0.480 e. The van der Waals surface area contributed by atoms with E-state index in [-0.39, 0.29) is 13.1 Å². The van der Waals surface area contributed by atoms with Gasteiger partial charge in [-0.1, -0.05) is 13.3 Å². The molecule has 0 heterocycles. The molecular weight excluding hydrogens is 274 g/mol. The van der Waals surface area contributed by atoms with Gasteiger partial charge in [0.15, 0.2) is 0 Å². The topological polar surface area (TPSA) is 84.3 Å². The van der Waals surface area contributed by atoms with E-state index in [1.807, 2.05) is 14.1 Å². The summed E-state index contributed by atoms with van der Waals surface area (Å²) in [6.07, 6.45) is 2.19. The van der Waals surface area contributed by atoms with Crippen molar-refractivity contribution >= 4 is 11.9 Å². The Morgan fingerprint density at radius 3 is 1.71 bits per heavy atom. The molecule has 2 N–H and O–H groups in total. The fourth-order valence-corrected chi connectivity index (χ4v) is 1.94. The van der Waals surface area contributed by atoms with E-state index in [9.17, 15) is 9.59 Å². The van der Waals surface area contributed by atoms with Crippen molar-refractivity contribution in [1.82, 2.24) is 14.7 Å². The van der Waals surface area contributed by atoms with E-state index in [0.29, 0.717) is 13.1 Å². The van der Waals surface area contributed by atoms with E-state index in [1.54, 1.807) is 0 Å². The number of unbranched alkanes of at least 4 members (excludes halogenated alkanes) is 1. The third kappa shape index (κ3) is 12.3. The molecule has 0 rings (SSSR count). The first-order chi connectivity index (χ1) is 9.85. The number of carboxylic acid groups (broad SMARTS) is 2. The van der Waals surface area contributed by atoms with Crippen LogP contribution >= 0.6 is 0 Å². The number of rotatable bonds is 13. The quantitative estimate of drug-likeness (QED) is 0.500. The third-order valence-electron chi connectivity index (χ3n) is 3.14. The molecule has 7 heteroatoms. The van der Waals surface area contributed by atoms with Gasteiger partial charge in [0.2, 0.25) is 0 Å². The van der Waals surface area contributed by atoms with Crippen molar-refractivity contribution in [3.63, 3.8) is 0 Å². The van der Waals surface area contributed by atoms with Gasteiger partial charge >= 0.3 is 11.9 Å². The summed E-state index contributed by atoms with van der Waals surface area (Å²) in [5.74, 6) is -1.99. The Bertz CT molecular complexity index is 295. The molecular formula is C14H29N3O4. The smallest absolute Gasteiger partial charge is 0.317 e. The summed E-state index contributed by atoms with van der Waals surface area (Å²) in [7, 11) is 4.03. The van der Waals surface area contributed by atoms with Crippen LogP contribution in [0.4, 0.5) is 0 Å². The Kier molecular flexibility index (Phi) is 10.8. The summed E-state index contributed by atoms with van der Waals surface area (Å²) in [6.45, 7) is 5.60. The zero-order chi connectivity index (χ0) is 16.3. The van der Waals surface area contributed by atoms with E-state index in [1.165, 1.54) is 4.90 Å². The number of hydrogen-bond acceptors (Lipinski definition) is 5. The molecule has 0 amide bonds. The van der Waals surface area contributed by atoms with Gasteiger partial charge in [0.1, 0.15) is 0 Å². The highest BCUT2D eigenvalue weighted by Gasteiger charge is 2.15. The molecule has 124 valence electrons. The second-order valence-electron chi connectivity index (χ2n) is 5.50. The average molecular weight is 303 g/mol. The minimum atomic E-state index is -0.996. The Hall–Kier alpha value is -1.18. The summed E-state index contributed by atoms with van der Waals surface area (Å²) in [5.41, 5.74) is 0. The van der Waals surface area contributed by atoms with E-state index < -0.39 is 11.9 Å². The molecule has 0 saturated heterocycles. The lowest BCUT2D eigenvalue weighted by atomic mass is 10.3. The first kappa shape index (κ1) is 19.8. The molecule has 0 aromatic rings. The van der Waals surface area contributed by atoms with Crippen LogP contribution in [0.25, 0.3) is 0 Å². The highest BCUT2D eigenvalue weighted by molar-refractivity contribution is 5.72. The number of likely N-dealkylation sites (N-methyl/N-ethyl adjacent to an activating group) is 1. The summed E-state index contributed by atoms with van der Waals surface area (Å²) in [4.78, 5) is 27.4. The summed E-state index contributed by atoms with van der Waals surface area (Å²) < 4.78 is 0. The zero-order valence-electron chi connectivity index (χ0n) is 13.4. The van der Waals surface area contributed by atoms with Crippen molar-refractivity contribution in [3.05, 3.63) is 0 Å². The van der Waals surface area contributed by atoms with Crippen LogP contribution in [0.3, 0.4) is 0 Å². The van der Waals surface area contributed by atoms with Gasteiger partial charge in [-0.15, -0.1) is 0 Å². The number of hydrogen-bond donors (Lipinski definition) is 2. The molecule has 0 fully saturated rings. The number of carboxylic acids is 2. The fourth-order valence-electron chi connectivity index (χ4n) is 1.94. The number of carbonyl (C=O) groups is 2. The van der Waals surface area contributed by atoms with Crippen molar-refractivity contribution in [2.24, 2.45) is 0 Å². The molecule has 0 bridgehead atoms. The molecule has 7 nitrogen and oxygen atoms in total. The lowest BCUT2D eigenvalue weighted by Crippen LogP contribution is -2.42. The second-order valence-corrected chi connectivity index (χ2v) is 5.50. The van der Waals surface area contributed by atoms with Crippen LogP contribution in [-0.2, 0) is 9.59 Å². The van der Waals surface area contributed by atoms with Crippen LogP contribution in [0.15, 0.2) is 0 Å². The van der Waals surface area contributed by atoms with Crippen molar-refractivity contribution in [3.8, 4) is 0 Å². The lowest BCUT2D eigenvalue weighted by molar-refractivity contribution is -0.141. The lowest BCUT2D eigenvalue weighted by Gasteiger charge is -2.27. The molecule has 0 atom stereocenters. The first-order valence-corrected chi connectivity index (χ1v) is 7.38. The van der Waals surface area contributed by atoms with E-state index in [2.05, 4.69) is 16.7 Å². The maximum absolute atomic E-state index is 10.8. The van der Waals surface area contributed by atoms with Gasteiger partial charge in [0, 0.05) is 26.2 Å². The van der Waals surface area contributed by atoms with Gasteiger partial charge in [0.05, 0.1) is 13.1 Å². The second kappa shape index (κ2) is 11.5. The number of nitrogens with zero attached hydrogens (tertiary/aromatic N) is 3. The normalized spacial score (nSPS) is 11.5. The monoisotopic (exact) mass is 303 g/mol. The van der Waals surface area contributed by atoms with Gasteiger partial charge in [-0.05, 0) is 27.1 Å². The molecule has 0 spiro atoms. The summed E-state index contributed by atoms with van der Waals surface area (Å²) in [6, 6.07) is 0. The van der Waals surface area contributed by atoms with Gasteiger partial charge in [-0.2, -0.15) is 0 Å². The minimum absolute atomic E-state index is 0.235. The summed E-state index contributed by atoms with van der Waals surface area (Å²) >= 11 is 0. The molecule has 0 aromatic carbocycles. The zero-order valence-corrected chi connectivity index (χ0v) is 13.4. The Morgan fingerprint density at radius 2 is 1.29 bits per heavy atom. The predicted molar refractivity (Wildman–Crippen MR) is 81.6 cm³/mol. The van der Waals surface area contributed by atoms with Crippen molar-refractivity contribution in [1.29, 1.82) is 0 Å². The van der Waals surface area contributed by atoms with Crippen LogP contribution in [-0.4, -0.2) is 96.8 Å². The van der Waals surface area contributed by atoms with E-state index >= 15 is 0 Å². The van der Waals surface area contributed by atoms with Gasteiger partial charge in [-0.3, -0.25) is 14.5 Å². The molecule has 0 saturated carbocycles. The molecule has 0 aliphatic heterocycles. The molecule has 0 aromatic heterocycles. The van der Waals surface area contributed by atoms with Gasteiger partial charge in [-0.25, -0.2) is 0 Å². The van der Waals surface area contributed by atoms with Crippen molar-refractivity contribution in [2.45, 2.75) is 19.8 Å². The SMILES string of the molecule is CCCCN(CCN(C)C)CCN(CC(=O)O)CC(=O)O. The molecule has 0 radical (unpaired) electrons. The van der Waals surface area contributed by atoms with Crippen LogP contribution in [0.1, 0.15) is 19.8 Å². The highest BCUT2D eigenvalue weighted by Crippen LogP contribution is 1.98. The largest absolute Gasteiger partial charge is 0.480 e. The molecule has 21 heavy (non-hydrogen) atoms.